The number of aromatic nitrogens is 1. The standard InChI is InChI=1S/C15H17N3O3/c1-10-7-8-11(2)18(10)17-15(20)14(19)16-12-5-4-6-13(9-12)21-3/h4-9H,1-3H3,(H,16,19)(H,17,20). The van der Waals surface area contributed by atoms with Gasteiger partial charge in [-0.2, -0.15) is 0 Å². The molecule has 2 N–H and O–H groups in total. The zero-order valence-corrected chi connectivity index (χ0v) is 12.1. The van der Waals surface area contributed by atoms with Gasteiger partial charge in [0.15, 0.2) is 0 Å². The van der Waals surface area contributed by atoms with Crippen LogP contribution < -0.4 is 15.5 Å². The van der Waals surface area contributed by atoms with Gasteiger partial charge >= 0.3 is 11.8 Å². The molecule has 1 aromatic carbocycles. The van der Waals surface area contributed by atoms with Gasteiger partial charge in [-0.1, -0.05) is 6.07 Å². The number of anilines is 1. The molecule has 1 aromatic heterocycles. The molecule has 0 aliphatic rings. The minimum Gasteiger partial charge on any atom is -0.497 e. The molecule has 0 aliphatic carbocycles. The summed E-state index contributed by atoms with van der Waals surface area (Å²) in [6, 6.07) is 10.5. The van der Waals surface area contributed by atoms with E-state index in [1.54, 1.807) is 28.9 Å². The highest BCUT2D eigenvalue weighted by Crippen LogP contribution is 2.16. The van der Waals surface area contributed by atoms with Crippen LogP contribution in [0.15, 0.2) is 36.4 Å². The Balaban J connectivity index is 2.04. The second-order valence-electron chi connectivity index (χ2n) is 4.58. The first-order valence-corrected chi connectivity index (χ1v) is 6.42. The Labute approximate surface area is 122 Å². The number of carbonyl (C=O) groups is 2. The predicted molar refractivity (Wildman–Crippen MR) is 79.9 cm³/mol. The number of rotatable bonds is 3. The molecule has 1 heterocycles. The average molecular weight is 287 g/mol. The molecule has 110 valence electrons. The van der Waals surface area contributed by atoms with Gasteiger partial charge in [0.25, 0.3) is 0 Å². The molecule has 0 unspecified atom stereocenters. The fourth-order valence-corrected chi connectivity index (χ4v) is 1.89. The highest BCUT2D eigenvalue weighted by atomic mass is 16.5. The van der Waals surface area contributed by atoms with Crippen LogP contribution in [0.3, 0.4) is 0 Å². The summed E-state index contributed by atoms with van der Waals surface area (Å²) in [5, 5.41) is 2.52. The monoisotopic (exact) mass is 287 g/mol. The lowest BCUT2D eigenvalue weighted by Crippen LogP contribution is -2.35. The Morgan fingerprint density at radius 2 is 1.71 bits per heavy atom. The molecule has 0 radical (unpaired) electrons. The smallest absolute Gasteiger partial charge is 0.328 e. The number of methoxy groups -OCH3 is 1. The van der Waals surface area contributed by atoms with E-state index in [-0.39, 0.29) is 0 Å². The number of hydrogen-bond donors (Lipinski definition) is 2. The van der Waals surface area contributed by atoms with E-state index in [1.807, 2.05) is 26.0 Å². The third kappa shape index (κ3) is 3.42. The van der Waals surface area contributed by atoms with Gasteiger partial charge in [-0.3, -0.25) is 19.7 Å². The van der Waals surface area contributed by atoms with Crippen molar-refractivity contribution in [1.82, 2.24) is 4.68 Å². The number of aryl methyl sites for hydroxylation is 2. The predicted octanol–water partition coefficient (Wildman–Crippen LogP) is 1.82. The molecule has 0 aliphatic heterocycles. The van der Waals surface area contributed by atoms with Gasteiger partial charge in [0.1, 0.15) is 5.75 Å². The maximum absolute atomic E-state index is 11.9. The third-order valence-electron chi connectivity index (χ3n) is 3.02. The molecule has 21 heavy (non-hydrogen) atoms. The summed E-state index contributed by atoms with van der Waals surface area (Å²) in [5.74, 6) is -0.874. The van der Waals surface area contributed by atoms with Crippen LogP contribution in [-0.4, -0.2) is 23.6 Å². The third-order valence-corrected chi connectivity index (χ3v) is 3.02. The van der Waals surface area contributed by atoms with Crippen molar-refractivity contribution in [2.24, 2.45) is 0 Å². The van der Waals surface area contributed by atoms with Crippen molar-refractivity contribution in [1.29, 1.82) is 0 Å². The van der Waals surface area contributed by atoms with E-state index in [4.69, 9.17) is 4.74 Å². The van der Waals surface area contributed by atoms with Crippen molar-refractivity contribution < 1.29 is 14.3 Å². The first-order valence-electron chi connectivity index (χ1n) is 6.42. The van der Waals surface area contributed by atoms with Crippen LogP contribution in [0.5, 0.6) is 5.75 Å². The van der Waals surface area contributed by atoms with E-state index in [0.717, 1.165) is 11.4 Å². The van der Waals surface area contributed by atoms with Gasteiger partial charge in [0.2, 0.25) is 0 Å². The van der Waals surface area contributed by atoms with Crippen molar-refractivity contribution in [3.63, 3.8) is 0 Å². The fraction of sp³-hybridized carbons (Fsp3) is 0.200. The van der Waals surface area contributed by atoms with Crippen LogP contribution in [0, 0.1) is 13.8 Å². The molecule has 0 fully saturated rings. The molecule has 0 bridgehead atoms. The molecular formula is C15H17N3O3. The number of hydrogen-bond acceptors (Lipinski definition) is 3. The van der Waals surface area contributed by atoms with Gasteiger partial charge in [-0.25, -0.2) is 0 Å². The lowest BCUT2D eigenvalue weighted by atomic mass is 10.3. The second kappa shape index (κ2) is 6.13. The highest BCUT2D eigenvalue weighted by molar-refractivity contribution is 6.42. The maximum Gasteiger partial charge on any atom is 0.328 e. The minimum atomic E-state index is -0.740. The summed E-state index contributed by atoms with van der Waals surface area (Å²) >= 11 is 0. The SMILES string of the molecule is COc1cccc(NC(=O)C(=O)Nn2c(C)ccc2C)c1. The Morgan fingerprint density at radius 1 is 1.05 bits per heavy atom. The van der Waals surface area contributed by atoms with Crippen molar-refractivity contribution >= 4 is 17.5 Å². The first-order chi connectivity index (χ1) is 10.0. The molecule has 0 atom stereocenters. The summed E-state index contributed by atoms with van der Waals surface area (Å²) in [6.45, 7) is 3.68. The van der Waals surface area contributed by atoms with Crippen molar-refractivity contribution in [3.8, 4) is 5.75 Å². The van der Waals surface area contributed by atoms with Gasteiger partial charge in [0.05, 0.1) is 7.11 Å². The number of carbonyl (C=O) groups excluding carboxylic acids is 2. The number of nitrogens with one attached hydrogen (secondary N) is 2. The molecule has 0 spiro atoms. The zero-order valence-electron chi connectivity index (χ0n) is 12.1. The summed E-state index contributed by atoms with van der Waals surface area (Å²) in [7, 11) is 1.53. The summed E-state index contributed by atoms with van der Waals surface area (Å²) < 4.78 is 6.62. The topological polar surface area (TPSA) is 72.4 Å². The molecule has 2 rings (SSSR count). The van der Waals surface area contributed by atoms with Crippen molar-refractivity contribution in [3.05, 3.63) is 47.8 Å². The quantitative estimate of drug-likeness (QED) is 0.846. The van der Waals surface area contributed by atoms with Crippen LogP contribution in [0.2, 0.25) is 0 Å². The molecule has 0 saturated heterocycles. The number of nitrogens with zero attached hydrogens (tertiary/aromatic N) is 1. The Bertz CT molecular complexity index is 657. The van der Waals surface area contributed by atoms with Gasteiger partial charge in [-0.15, -0.1) is 0 Å². The Morgan fingerprint density at radius 3 is 2.33 bits per heavy atom. The zero-order chi connectivity index (χ0) is 15.4. The largest absolute Gasteiger partial charge is 0.497 e. The van der Waals surface area contributed by atoms with E-state index in [9.17, 15) is 9.59 Å². The van der Waals surface area contributed by atoms with E-state index >= 15 is 0 Å². The molecule has 6 nitrogen and oxygen atoms in total. The second-order valence-corrected chi connectivity index (χ2v) is 4.58. The number of amides is 2. The Hall–Kier alpha value is -2.76. The van der Waals surface area contributed by atoms with Gasteiger partial charge in [0, 0.05) is 23.1 Å². The van der Waals surface area contributed by atoms with Crippen LogP contribution in [0.25, 0.3) is 0 Å². The van der Waals surface area contributed by atoms with Gasteiger partial charge in [-0.05, 0) is 38.1 Å². The summed E-state index contributed by atoms with van der Waals surface area (Å²) in [5.41, 5.74) is 4.72. The van der Waals surface area contributed by atoms with Crippen LogP contribution >= 0.6 is 0 Å². The molecular weight excluding hydrogens is 270 g/mol. The normalized spacial score (nSPS) is 10.0. The lowest BCUT2D eigenvalue weighted by Gasteiger charge is -2.11. The van der Waals surface area contributed by atoms with Crippen LogP contribution in [-0.2, 0) is 9.59 Å². The first kappa shape index (κ1) is 14.6. The maximum atomic E-state index is 11.9. The molecule has 0 saturated carbocycles. The number of benzene rings is 1. The molecule has 2 aromatic rings. The average Bonchev–Trinajstić information content (AvgIpc) is 2.79. The Kier molecular flexibility index (Phi) is 4.27. The van der Waals surface area contributed by atoms with Crippen LogP contribution in [0.4, 0.5) is 5.69 Å². The van der Waals surface area contributed by atoms with E-state index in [0.29, 0.717) is 11.4 Å². The highest BCUT2D eigenvalue weighted by Gasteiger charge is 2.15. The lowest BCUT2D eigenvalue weighted by molar-refractivity contribution is -0.133. The van der Waals surface area contributed by atoms with Crippen molar-refractivity contribution in [2.75, 3.05) is 17.9 Å². The van der Waals surface area contributed by atoms with Crippen LogP contribution in [0.1, 0.15) is 11.4 Å². The molecule has 2 amide bonds. The van der Waals surface area contributed by atoms with E-state index < -0.39 is 11.8 Å². The fourth-order valence-electron chi connectivity index (χ4n) is 1.89. The minimum absolute atomic E-state index is 0.496. The molecule has 6 heteroatoms. The van der Waals surface area contributed by atoms with E-state index in [1.165, 1.54) is 7.11 Å². The van der Waals surface area contributed by atoms with E-state index in [2.05, 4.69) is 10.7 Å². The van der Waals surface area contributed by atoms with Gasteiger partial charge < -0.3 is 10.1 Å². The van der Waals surface area contributed by atoms with Crippen molar-refractivity contribution in [2.45, 2.75) is 13.8 Å². The summed E-state index contributed by atoms with van der Waals surface area (Å²) in [6.07, 6.45) is 0. The summed E-state index contributed by atoms with van der Waals surface area (Å²) in [4.78, 5) is 23.8. The number of ether oxygens (including phenoxy) is 1.